The van der Waals surface area contributed by atoms with Gasteiger partial charge in [0.15, 0.2) is 0 Å². The van der Waals surface area contributed by atoms with E-state index in [2.05, 4.69) is 0 Å². The molecule has 2 rings (SSSR count). The highest BCUT2D eigenvalue weighted by Gasteiger charge is 1.99. The van der Waals surface area contributed by atoms with Gasteiger partial charge in [0.05, 0.1) is 13.2 Å². The average Bonchev–Trinajstić information content (AvgIpc) is 2.37. The summed E-state index contributed by atoms with van der Waals surface area (Å²) in [5.41, 5.74) is 0.161. The van der Waals surface area contributed by atoms with Crippen molar-refractivity contribution in [3.8, 4) is 11.5 Å². The smallest absolute Gasteiger partial charge is 0.339 e. The van der Waals surface area contributed by atoms with Gasteiger partial charge in [-0.15, -0.1) is 0 Å². The van der Waals surface area contributed by atoms with Crippen molar-refractivity contribution < 1.29 is 14.3 Å². The Kier molecular flexibility index (Phi) is 3.48. The van der Waals surface area contributed by atoms with Gasteiger partial charge in [0, 0.05) is 11.6 Å². The van der Waals surface area contributed by atoms with Gasteiger partial charge in [-0.2, -0.15) is 0 Å². The molecule has 0 aliphatic carbocycles. The third-order valence-electron chi connectivity index (χ3n) is 2.36. The Morgan fingerprint density at radius 3 is 2.72 bits per heavy atom. The number of aromatic hydroxyl groups is 1. The van der Waals surface area contributed by atoms with Crippen molar-refractivity contribution in [1.29, 1.82) is 0 Å². The van der Waals surface area contributed by atoms with E-state index >= 15 is 0 Å². The fourth-order valence-corrected chi connectivity index (χ4v) is 1.47. The van der Waals surface area contributed by atoms with Crippen molar-refractivity contribution in [2.24, 2.45) is 0 Å². The van der Waals surface area contributed by atoms with Gasteiger partial charge < -0.3 is 14.3 Å². The predicted octanol–water partition coefficient (Wildman–Crippen LogP) is 2.52. The number of ether oxygens (including phenoxy) is 1. The Labute approximate surface area is 104 Å². The lowest BCUT2D eigenvalue weighted by Crippen LogP contribution is -1.98. The number of benzene rings is 1. The molecule has 1 heterocycles. The molecule has 92 valence electrons. The summed E-state index contributed by atoms with van der Waals surface area (Å²) in [4.78, 5) is 11.2. The number of hydrogen-bond donors (Lipinski definition) is 1. The summed E-state index contributed by atoms with van der Waals surface area (Å²) < 4.78 is 9.95. The number of phenols is 1. The second-order valence-electron chi connectivity index (χ2n) is 3.61. The number of rotatable bonds is 3. The zero-order valence-electron chi connectivity index (χ0n) is 9.79. The highest BCUT2D eigenvalue weighted by Crippen LogP contribution is 2.19. The van der Waals surface area contributed by atoms with E-state index in [0.29, 0.717) is 17.1 Å². The molecule has 0 unspecified atom stereocenters. The molecule has 0 aliphatic rings. The third kappa shape index (κ3) is 2.79. The first kappa shape index (κ1) is 12.0. The summed E-state index contributed by atoms with van der Waals surface area (Å²) >= 11 is 0. The van der Waals surface area contributed by atoms with E-state index in [1.54, 1.807) is 42.5 Å². The lowest BCUT2D eigenvalue weighted by atomic mass is 10.2. The minimum Gasteiger partial charge on any atom is -0.507 e. The largest absolute Gasteiger partial charge is 0.507 e. The molecule has 0 aliphatic heterocycles. The van der Waals surface area contributed by atoms with Crippen LogP contribution in [0.3, 0.4) is 0 Å². The maximum absolute atomic E-state index is 11.2. The molecular formula is C14H12O4. The minimum atomic E-state index is -0.480. The fourth-order valence-electron chi connectivity index (χ4n) is 1.47. The molecule has 0 bridgehead atoms. The molecule has 4 nitrogen and oxygen atoms in total. The maximum Gasteiger partial charge on any atom is 0.339 e. The van der Waals surface area contributed by atoms with Gasteiger partial charge in [-0.05, 0) is 18.2 Å². The number of hydrogen-bond acceptors (Lipinski definition) is 4. The Hall–Kier alpha value is -2.49. The SMILES string of the molecule is COc1cc(/C=C/c2ccccc2O)oc(=O)c1. The van der Waals surface area contributed by atoms with Crippen molar-refractivity contribution in [3.05, 3.63) is 58.1 Å². The Morgan fingerprint density at radius 1 is 1.22 bits per heavy atom. The van der Waals surface area contributed by atoms with Crippen LogP contribution in [0.5, 0.6) is 11.5 Å². The maximum atomic E-state index is 11.2. The number of para-hydroxylation sites is 1. The molecule has 18 heavy (non-hydrogen) atoms. The van der Waals surface area contributed by atoms with Gasteiger partial charge in [0.2, 0.25) is 0 Å². The first-order valence-electron chi connectivity index (χ1n) is 5.34. The Morgan fingerprint density at radius 2 is 2.00 bits per heavy atom. The van der Waals surface area contributed by atoms with E-state index in [1.807, 2.05) is 0 Å². The van der Waals surface area contributed by atoms with Crippen LogP contribution in [-0.4, -0.2) is 12.2 Å². The minimum absolute atomic E-state index is 0.166. The Balaban J connectivity index is 2.32. The van der Waals surface area contributed by atoms with E-state index in [4.69, 9.17) is 9.15 Å². The van der Waals surface area contributed by atoms with Crippen LogP contribution >= 0.6 is 0 Å². The normalized spacial score (nSPS) is 10.7. The molecule has 0 radical (unpaired) electrons. The summed E-state index contributed by atoms with van der Waals surface area (Å²) in [6.45, 7) is 0. The summed E-state index contributed by atoms with van der Waals surface area (Å²) in [6, 6.07) is 9.74. The first-order chi connectivity index (χ1) is 8.69. The topological polar surface area (TPSA) is 59.7 Å². The van der Waals surface area contributed by atoms with Crippen molar-refractivity contribution >= 4 is 12.2 Å². The van der Waals surface area contributed by atoms with Crippen LogP contribution in [0.25, 0.3) is 12.2 Å². The molecule has 0 spiro atoms. The molecule has 4 heteroatoms. The van der Waals surface area contributed by atoms with Crippen LogP contribution in [0.1, 0.15) is 11.3 Å². The van der Waals surface area contributed by atoms with E-state index in [0.717, 1.165) is 0 Å². The molecule has 0 amide bonds. The van der Waals surface area contributed by atoms with Crippen molar-refractivity contribution in [1.82, 2.24) is 0 Å². The van der Waals surface area contributed by atoms with Gasteiger partial charge in [-0.3, -0.25) is 0 Å². The van der Waals surface area contributed by atoms with Gasteiger partial charge in [-0.25, -0.2) is 4.79 Å². The monoisotopic (exact) mass is 244 g/mol. The number of phenolic OH excluding ortho intramolecular Hbond substituents is 1. The van der Waals surface area contributed by atoms with Crippen LogP contribution in [0, 0.1) is 0 Å². The van der Waals surface area contributed by atoms with E-state index < -0.39 is 5.63 Å². The van der Waals surface area contributed by atoms with Crippen molar-refractivity contribution in [2.75, 3.05) is 7.11 Å². The average molecular weight is 244 g/mol. The highest BCUT2D eigenvalue weighted by atomic mass is 16.5. The summed E-state index contributed by atoms with van der Waals surface area (Å²) in [5.74, 6) is 0.963. The summed E-state index contributed by atoms with van der Waals surface area (Å²) in [5, 5.41) is 9.58. The van der Waals surface area contributed by atoms with Gasteiger partial charge in [0.25, 0.3) is 0 Å². The highest BCUT2D eigenvalue weighted by molar-refractivity contribution is 5.70. The van der Waals surface area contributed by atoms with E-state index in [1.165, 1.54) is 13.2 Å². The molecule has 1 aromatic carbocycles. The van der Waals surface area contributed by atoms with Crippen LogP contribution in [0.15, 0.2) is 45.6 Å². The molecule has 0 saturated carbocycles. The van der Waals surface area contributed by atoms with Gasteiger partial charge in [-0.1, -0.05) is 18.2 Å². The zero-order valence-corrected chi connectivity index (χ0v) is 9.79. The van der Waals surface area contributed by atoms with Crippen molar-refractivity contribution in [3.63, 3.8) is 0 Å². The molecular weight excluding hydrogens is 232 g/mol. The molecule has 2 aromatic rings. The van der Waals surface area contributed by atoms with Crippen LogP contribution in [-0.2, 0) is 0 Å². The molecule has 1 N–H and O–H groups in total. The second-order valence-corrected chi connectivity index (χ2v) is 3.61. The molecule has 1 aromatic heterocycles. The lowest BCUT2D eigenvalue weighted by Gasteiger charge is -1.99. The molecule has 0 saturated heterocycles. The van der Waals surface area contributed by atoms with Gasteiger partial charge in [0.1, 0.15) is 17.3 Å². The quantitative estimate of drug-likeness (QED) is 0.901. The zero-order chi connectivity index (χ0) is 13.0. The standard InChI is InChI=1S/C14H12O4/c1-17-12-8-11(18-14(16)9-12)7-6-10-4-2-3-5-13(10)15/h2-9,15H,1H3/b7-6+. The molecule has 0 atom stereocenters. The third-order valence-corrected chi connectivity index (χ3v) is 2.36. The lowest BCUT2D eigenvalue weighted by molar-refractivity contribution is 0.400. The van der Waals surface area contributed by atoms with Crippen molar-refractivity contribution in [2.45, 2.75) is 0 Å². The van der Waals surface area contributed by atoms with Crippen LogP contribution in [0.2, 0.25) is 0 Å². The van der Waals surface area contributed by atoms with Crippen LogP contribution in [0.4, 0.5) is 0 Å². The van der Waals surface area contributed by atoms with E-state index in [9.17, 15) is 9.90 Å². The Bertz CT molecular complexity index is 626. The predicted molar refractivity (Wildman–Crippen MR) is 68.6 cm³/mol. The van der Waals surface area contributed by atoms with Gasteiger partial charge >= 0.3 is 5.63 Å². The fraction of sp³-hybridized carbons (Fsp3) is 0.0714. The summed E-state index contributed by atoms with van der Waals surface area (Å²) in [6.07, 6.45) is 3.26. The first-order valence-corrected chi connectivity index (χ1v) is 5.34. The molecule has 0 fully saturated rings. The van der Waals surface area contributed by atoms with E-state index in [-0.39, 0.29) is 5.75 Å². The summed E-state index contributed by atoms with van der Waals surface area (Å²) in [7, 11) is 1.48. The second kappa shape index (κ2) is 5.23. The number of methoxy groups -OCH3 is 1. The van der Waals surface area contributed by atoms with Crippen LogP contribution < -0.4 is 10.4 Å².